The summed E-state index contributed by atoms with van der Waals surface area (Å²) in [5.74, 6) is 2.17. The van der Waals surface area contributed by atoms with Crippen LogP contribution in [-0.2, 0) is 11.2 Å². The van der Waals surface area contributed by atoms with Crippen molar-refractivity contribution in [3.8, 4) is 22.6 Å². The largest absolute Gasteiger partial charge is 0.497 e. The predicted molar refractivity (Wildman–Crippen MR) is 126 cm³/mol. The number of rotatable bonds is 6. The van der Waals surface area contributed by atoms with Crippen LogP contribution >= 0.6 is 0 Å². The number of piperidine rings is 1. The molecule has 2 aromatic carbocycles. The Bertz CT molecular complexity index is 1090. The van der Waals surface area contributed by atoms with Gasteiger partial charge in [-0.25, -0.2) is 0 Å². The van der Waals surface area contributed by atoms with Gasteiger partial charge in [-0.3, -0.25) is 9.78 Å². The molecule has 0 unspecified atom stereocenters. The van der Waals surface area contributed by atoms with Crippen molar-refractivity contribution in [2.75, 3.05) is 27.3 Å². The maximum Gasteiger partial charge on any atom is 0.226 e. The number of hydrogen-bond donors (Lipinski definition) is 0. The summed E-state index contributed by atoms with van der Waals surface area (Å²) in [5.41, 5.74) is 5.39. The van der Waals surface area contributed by atoms with E-state index in [9.17, 15) is 4.79 Å². The Labute approximate surface area is 190 Å². The summed E-state index contributed by atoms with van der Waals surface area (Å²) >= 11 is 0. The summed E-state index contributed by atoms with van der Waals surface area (Å²) in [6.07, 6.45) is 2.26. The van der Waals surface area contributed by atoms with Gasteiger partial charge >= 0.3 is 0 Å². The monoisotopic (exact) mass is 430 g/mol. The zero-order valence-electron chi connectivity index (χ0n) is 19.0. The van der Waals surface area contributed by atoms with Gasteiger partial charge in [0, 0.05) is 30.4 Å². The van der Waals surface area contributed by atoms with Crippen molar-refractivity contribution in [2.24, 2.45) is 0 Å². The number of likely N-dealkylation sites (tertiary alicyclic amines) is 1. The molecule has 0 aliphatic carbocycles. The molecule has 0 atom stereocenters. The Morgan fingerprint density at radius 3 is 2.34 bits per heavy atom. The van der Waals surface area contributed by atoms with Crippen LogP contribution in [0.15, 0.2) is 60.7 Å². The quantitative estimate of drug-likeness (QED) is 0.551. The average molecular weight is 431 g/mol. The third-order valence-corrected chi connectivity index (χ3v) is 6.13. The van der Waals surface area contributed by atoms with Crippen molar-refractivity contribution in [1.82, 2.24) is 9.88 Å². The second kappa shape index (κ2) is 9.86. The van der Waals surface area contributed by atoms with Crippen LogP contribution in [0.3, 0.4) is 0 Å². The zero-order valence-corrected chi connectivity index (χ0v) is 19.0. The lowest BCUT2D eigenvalue weighted by Crippen LogP contribution is -2.39. The van der Waals surface area contributed by atoms with Gasteiger partial charge in [-0.05, 0) is 72.9 Å². The van der Waals surface area contributed by atoms with Gasteiger partial charge in [0.2, 0.25) is 5.91 Å². The third kappa shape index (κ3) is 5.10. The normalized spacial score (nSPS) is 14.3. The lowest BCUT2D eigenvalue weighted by molar-refractivity contribution is -0.131. The van der Waals surface area contributed by atoms with E-state index in [1.807, 2.05) is 48.2 Å². The molecule has 0 spiro atoms. The molecule has 1 amide bonds. The molecule has 1 aromatic heterocycles. The fraction of sp³-hybridized carbons (Fsp3) is 0.333. The molecule has 1 fully saturated rings. The number of ether oxygens (including phenoxy) is 2. The van der Waals surface area contributed by atoms with E-state index < -0.39 is 0 Å². The molecule has 1 saturated heterocycles. The van der Waals surface area contributed by atoms with Gasteiger partial charge in [-0.2, -0.15) is 0 Å². The van der Waals surface area contributed by atoms with E-state index in [4.69, 9.17) is 14.5 Å². The van der Waals surface area contributed by atoms with Crippen LogP contribution in [0.1, 0.15) is 35.7 Å². The average Bonchev–Trinajstić information content (AvgIpc) is 2.84. The molecule has 3 aromatic rings. The van der Waals surface area contributed by atoms with Crippen LogP contribution in [0.4, 0.5) is 0 Å². The minimum Gasteiger partial charge on any atom is -0.497 e. The number of nitrogens with zero attached hydrogens (tertiary/aromatic N) is 2. The zero-order chi connectivity index (χ0) is 22.5. The first-order chi connectivity index (χ1) is 15.6. The first-order valence-corrected chi connectivity index (χ1v) is 11.1. The van der Waals surface area contributed by atoms with Crippen molar-refractivity contribution in [3.63, 3.8) is 0 Å². The van der Waals surface area contributed by atoms with Gasteiger partial charge in [0.1, 0.15) is 11.5 Å². The van der Waals surface area contributed by atoms with Crippen molar-refractivity contribution in [1.29, 1.82) is 0 Å². The summed E-state index contributed by atoms with van der Waals surface area (Å²) in [6, 6.07) is 20.2. The maximum absolute atomic E-state index is 12.8. The van der Waals surface area contributed by atoms with E-state index in [0.717, 1.165) is 65.5 Å². The molecule has 4 rings (SSSR count). The first kappa shape index (κ1) is 21.9. The standard InChI is InChI=1S/C27H30N2O3/c1-19-14-23(22-7-5-9-25(17-22)32-3)18-26(28-19)21-10-12-29(13-11-21)27(30)16-20-6-4-8-24(15-20)31-2/h4-9,14-15,17-18,21H,10-13,16H2,1-3H3. The minimum absolute atomic E-state index is 0.172. The maximum atomic E-state index is 12.8. The smallest absolute Gasteiger partial charge is 0.226 e. The van der Waals surface area contributed by atoms with Gasteiger partial charge in [0.15, 0.2) is 0 Å². The van der Waals surface area contributed by atoms with Gasteiger partial charge in [-0.15, -0.1) is 0 Å². The van der Waals surface area contributed by atoms with Crippen molar-refractivity contribution in [2.45, 2.75) is 32.1 Å². The van der Waals surface area contributed by atoms with Gasteiger partial charge in [-0.1, -0.05) is 24.3 Å². The van der Waals surface area contributed by atoms with Gasteiger partial charge in [0.05, 0.1) is 20.6 Å². The van der Waals surface area contributed by atoms with E-state index in [0.29, 0.717) is 12.3 Å². The van der Waals surface area contributed by atoms with Crippen LogP contribution in [-0.4, -0.2) is 43.1 Å². The number of carbonyl (C=O) groups excluding carboxylic acids is 1. The predicted octanol–water partition coefficient (Wildman–Crippen LogP) is 5.02. The molecule has 0 N–H and O–H groups in total. The minimum atomic E-state index is 0.172. The van der Waals surface area contributed by atoms with Crippen LogP contribution in [0.5, 0.6) is 11.5 Å². The summed E-state index contributed by atoms with van der Waals surface area (Å²) in [7, 11) is 3.33. The molecule has 2 heterocycles. The Morgan fingerprint density at radius 1 is 0.938 bits per heavy atom. The molecule has 32 heavy (non-hydrogen) atoms. The second-order valence-electron chi connectivity index (χ2n) is 8.34. The van der Waals surface area contributed by atoms with E-state index in [-0.39, 0.29) is 5.91 Å². The summed E-state index contributed by atoms with van der Waals surface area (Å²) in [5, 5.41) is 0. The SMILES string of the molecule is COc1cccc(CC(=O)N2CCC(c3cc(-c4cccc(OC)c4)cc(C)n3)CC2)c1. The summed E-state index contributed by atoms with van der Waals surface area (Å²) in [6.45, 7) is 3.56. The van der Waals surface area contributed by atoms with Crippen LogP contribution in [0.25, 0.3) is 11.1 Å². The molecule has 1 aliphatic rings. The number of carbonyl (C=O) groups is 1. The Morgan fingerprint density at radius 2 is 1.62 bits per heavy atom. The molecule has 5 nitrogen and oxygen atoms in total. The lowest BCUT2D eigenvalue weighted by atomic mass is 9.91. The fourth-order valence-corrected chi connectivity index (χ4v) is 4.37. The van der Waals surface area contributed by atoms with Gasteiger partial charge < -0.3 is 14.4 Å². The number of methoxy groups -OCH3 is 2. The molecule has 5 heteroatoms. The molecule has 166 valence electrons. The van der Waals surface area contributed by atoms with E-state index >= 15 is 0 Å². The highest BCUT2D eigenvalue weighted by molar-refractivity contribution is 5.79. The Kier molecular flexibility index (Phi) is 6.74. The highest BCUT2D eigenvalue weighted by atomic mass is 16.5. The lowest BCUT2D eigenvalue weighted by Gasteiger charge is -2.32. The Hall–Kier alpha value is -3.34. The highest BCUT2D eigenvalue weighted by Gasteiger charge is 2.25. The molecule has 0 saturated carbocycles. The van der Waals surface area contributed by atoms with Crippen LogP contribution in [0, 0.1) is 6.92 Å². The van der Waals surface area contributed by atoms with Crippen molar-refractivity contribution in [3.05, 3.63) is 77.6 Å². The molecule has 0 radical (unpaired) electrons. The number of pyridine rings is 1. The van der Waals surface area contributed by atoms with E-state index in [1.165, 1.54) is 0 Å². The third-order valence-electron chi connectivity index (χ3n) is 6.13. The summed E-state index contributed by atoms with van der Waals surface area (Å²) < 4.78 is 10.7. The number of aromatic nitrogens is 1. The Balaban J connectivity index is 1.42. The van der Waals surface area contributed by atoms with E-state index in [1.54, 1.807) is 14.2 Å². The fourth-order valence-electron chi connectivity index (χ4n) is 4.37. The van der Waals surface area contributed by atoms with Crippen LogP contribution in [0.2, 0.25) is 0 Å². The second-order valence-corrected chi connectivity index (χ2v) is 8.34. The molecular weight excluding hydrogens is 400 g/mol. The van der Waals surface area contributed by atoms with E-state index in [2.05, 4.69) is 24.3 Å². The van der Waals surface area contributed by atoms with Gasteiger partial charge in [0.25, 0.3) is 0 Å². The molecule has 0 bridgehead atoms. The summed E-state index contributed by atoms with van der Waals surface area (Å²) in [4.78, 5) is 19.6. The first-order valence-electron chi connectivity index (χ1n) is 11.1. The van der Waals surface area contributed by atoms with Crippen molar-refractivity contribution < 1.29 is 14.3 Å². The number of hydrogen-bond acceptors (Lipinski definition) is 4. The van der Waals surface area contributed by atoms with Crippen LogP contribution < -0.4 is 9.47 Å². The topological polar surface area (TPSA) is 51.7 Å². The molecule has 1 aliphatic heterocycles. The highest BCUT2D eigenvalue weighted by Crippen LogP contribution is 2.31. The number of amides is 1. The number of benzene rings is 2. The number of aryl methyl sites for hydroxylation is 1. The van der Waals surface area contributed by atoms with Crippen molar-refractivity contribution >= 4 is 5.91 Å². The molecular formula is C27H30N2O3.